The maximum Gasteiger partial charge on any atom is 0.274 e. The molecule has 1 N–H and O–H groups in total. The molecule has 0 fully saturated rings. The minimum absolute atomic E-state index is 0.133. The molecule has 1 amide bonds. The molecule has 1 unspecified atom stereocenters. The van der Waals surface area contributed by atoms with Crippen LogP contribution in [0.4, 0.5) is 0 Å². The van der Waals surface area contributed by atoms with Gasteiger partial charge in [0.25, 0.3) is 5.91 Å². The predicted molar refractivity (Wildman–Crippen MR) is 113 cm³/mol. The Labute approximate surface area is 170 Å². The van der Waals surface area contributed by atoms with E-state index in [1.165, 1.54) is 0 Å². The third-order valence-corrected chi connectivity index (χ3v) is 4.82. The Morgan fingerprint density at radius 2 is 1.48 bits per heavy atom. The molecule has 0 aliphatic rings. The number of amides is 1. The van der Waals surface area contributed by atoms with Gasteiger partial charge in [0.05, 0.1) is 12.6 Å². The maximum atomic E-state index is 13.1. The lowest BCUT2D eigenvalue weighted by molar-refractivity contribution is 0.0935. The van der Waals surface area contributed by atoms with Gasteiger partial charge in [-0.05, 0) is 18.1 Å². The van der Waals surface area contributed by atoms with E-state index in [-0.39, 0.29) is 11.9 Å². The molecule has 4 rings (SSSR count). The molecule has 0 radical (unpaired) electrons. The first-order valence-corrected chi connectivity index (χ1v) is 9.61. The van der Waals surface area contributed by atoms with Gasteiger partial charge in [-0.15, -0.1) is 5.10 Å². The van der Waals surface area contributed by atoms with Gasteiger partial charge in [0, 0.05) is 5.56 Å². The van der Waals surface area contributed by atoms with Crippen molar-refractivity contribution in [3.8, 4) is 11.3 Å². The molecule has 0 spiro atoms. The fourth-order valence-corrected chi connectivity index (χ4v) is 3.30. The topological polar surface area (TPSA) is 59.8 Å². The van der Waals surface area contributed by atoms with Crippen molar-refractivity contribution in [3.05, 3.63) is 108 Å². The Balaban J connectivity index is 1.67. The largest absolute Gasteiger partial charge is 0.344 e. The van der Waals surface area contributed by atoms with Gasteiger partial charge < -0.3 is 5.32 Å². The van der Waals surface area contributed by atoms with Crippen molar-refractivity contribution in [2.45, 2.75) is 19.5 Å². The fraction of sp³-hybridized carbons (Fsp3) is 0.125. The molecule has 144 valence electrons. The molecule has 3 aromatic carbocycles. The highest BCUT2D eigenvalue weighted by molar-refractivity contribution is 5.98. The normalized spacial score (nSPS) is 11.8. The summed E-state index contributed by atoms with van der Waals surface area (Å²) in [5, 5.41) is 11.6. The zero-order valence-electron chi connectivity index (χ0n) is 16.2. The SMILES string of the molecule is CC(NC(=O)c1nnn(Cc2ccccc2)c1-c1ccccc1)c1ccccc1. The highest BCUT2D eigenvalue weighted by Crippen LogP contribution is 2.24. The molecule has 0 saturated carbocycles. The molecule has 5 heteroatoms. The first kappa shape index (κ1) is 18.6. The van der Waals surface area contributed by atoms with Gasteiger partial charge in [-0.3, -0.25) is 4.79 Å². The third kappa shape index (κ3) is 4.24. The number of rotatable bonds is 6. The Bertz CT molecular complexity index is 1080. The number of nitrogens with one attached hydrogen (secondary N) is 1. The summed E-state index contributed by atoms with van der Waals surface area (Å²) in [6.07, 6.45) is 0. The molecule has 29 heavy (non-hydrogen) atoms. The molecular formula is C24H22N4O. The lowest BCUT2D eigenvalue weighted by Crippen LogP contribution is -2.27. The van der Waals surface area contributed by atoms with E-state index in [9.17, 15) is 4.79 Å². The highest BCUT2D eigenvalue weighted by Gasteiger charge is 2.22. The van der Waals surface area contributed by atoms with Crippen molar-refractivity contribution >= 4 is 5.91 Å². The van der Waals surface area contributed by atoms with Gasteiger partial charge in [-0.2, -0.15) is 0 Å². The van der Waals surface area contributed by atoms with E-state index in [1.54, 1.807) is 4.68 Å². The fourth-order valence-electron chi connectivity index (χ4n) is 3.30. The van der Waals surface area contributed by atoms with Crippen LogP contribution in [0.5, 0.6) is 0 Å². The molecule has 0 bridgehead atoms. The minimum atomic E-state index is -0.237. The number of aromatic nitrogens is 3. The average molecular weight is 382 g/mol. The Hall–Kier alpha value is -3.73. The predicted octanol–water partition coefficient (Wildman–Crippen LogP) is 4.48. The number of hydrogen-bond acceptors (Lipinski definition) is 3. The molecule has 0 aliphatic heterocycles. The molecule has 0 aliphatic carbocycles. The van der Waals surface area contributed by atoms with Crippen molar-refractivity contribution in [1.82, 2.24) is 20.3 Å². The molecule has 5 nitrogen and oxygen atoms in total. The number of benzene rings is 3. The summed E-state index contributed by atoms with van der Waals surface area (Å²) in [6, 6.07) is 29.6. The van der Waals surface area contributed by atoms with Crippen LogP contribution < -0.4 is 5.32 Å². The number of carbonyl (C=O) groups excluding carboxylic acids is 1. The van der Waals surface area contributed by atoms with Gasteiger partial charge in [0.2, 0.25) is 0 Å². The van der Waals surface area contributed by atoms with Crippen LogP contribution in [0.15, 0.2) is 91.0 Å². The quantitative estimate of drug-likeness (QED) is 0.535. The number of hydrogen-bond donors (Lipinski definition) is 1. The molecule has 0 saturated heterocycles. The van der Waals surface area contributed by atoms with Crippen molar-refractivity contribution in [1.29, 1.82) is 0 Å². The first-order chi connectivity index (χ1) is 14.2. The lowest BCUT2D eigenvalue weighted by Gasteiger charge is -2.14. The van der Waals surface area contributed by atoms with E-state index in [0.29, 0.717) is 17.9 Å². The molecule has 1 atom stereocenters. The van der Waals surface area contributed by atoms with Crippen LogP contribution in [0.25, 0.3) is 11.3 Å². The monoisotopic (exact) mass is 382 g/mol. The lowest BCUT2D eigenvalue weighted by atomic mass is 10.1. The van der Waals surface area contributed by atoms with Gasteiger partial charge in [0.1, 0.15) is 5.69 Å². The van der Waals surface area contributed by atoms with Gasteiger partial charge in [-0.1, -0.05) is 96.2 Å². The molecule has 4 aromatic rings. The van der Waals surface area contributed by atoms with E-state index in [1.807, 2.05) is 97.9 Å². The second kappa shape index (κ2) is 8.52. The summed E-state index contributed by atoms with van der Waals surface area (Å²) < 4.78 is 1.78. The summed E-state index contributed by atoms with van der Waals surface area (Å²) in [5.41, 5.74) is 4.09. The highest BCUT2D eigenvalue weighted by atomic mass is 16.2. The van der Waals surface area contributed by atoms with E-state index in [2.05, 4.69) is 15.6 Å². The van der Waals surface area contributed by atoms with Crippen molar-refractivity contribution in [2.75, 3.05) is 0 Å². The van der Waals surface area contributed by atoms with Crippen molar-refractivity contribution in [2.24, 2.45) is 0 Å². The van der Waals surface area contributed by atoms with Crippen molar-refractivity contribution < 1.29 is 4.79 Å². The van der Waals surface area contributed by atoms with Gasteiger partial charge >= 0.3 is 0 Å². The van der Waals surface area contributed by atoms with Crippen LogP contribution in [-0.2, 0) is 6.54 Å². The van der Waals surface area contributed by atoms with Crippen LogP contribution in [0, 0.1) is 0 Å². The van der Waals surface area contributed by atoms with E-state index < -0.39 is 0 Å². The minimum Gasteiger partial charge on any atom is -0.344 e. The van der Waals surface area contributed by atoms with E-state index in [4.69, 9.17) is 0 Å². The summed E-state index contributed by atoms with van der Waals surface area (Å²) >= 11 is 0. The Morgan fingerprint density at radius 1 is 0.897 bits per heavy atom. The standard InChI is InChI=1S/C24H22N4O/c1-18(20-13-7-3-8-14-20)25-24(29)22-23(21-15-9-4-10-16-21)28(27-26-22)17-19-11-5-2-6-12-19/h2-16,18H,17H2,1H3,(H,25,29). The second-order valence-electron chi connectivity index (χ2n) is 6.90. The third-order valence-electron chi connectivity index (χ3n) is 4.82. The number of carbonyl (C=O) groups is 1. The molecular weight excluding hydrogens is 360 g/mol. The molecule has 1 heterocycles. The van der Waals surface area contributed by atoms with Gasteiger partial charge in [0.15, 0.2) is 5.69 Å². The summed E-state index contributed by atoms with van der Waals surface area (Å²) in [5.74, 6) is -0.237. The second-order valence-corrected chi connectivity index (χ2v) is 6.90. The van der Waals surface area contributed by atoms with Crippen LogP contribution in [0.1, 0.15) is 34.6 Å². The van der Waals surface area contributed by atoms with Gasteiger partial charge in [-0.25, -0.2) is 4.68 Å². The van der Waals surface area contributed by atoms with Crippen molar-refractivity contribution in [3.63, 3.8) is 0 Å². The summed E-state index contributed by atoms with van der Waals surface area (Å²) in [4.78, 5) is 13.1. The van der Waals surface area contributed by atoms with E-state index in [0.717, 1.165) is 16.7 Å². The summed E-state index contributed by atoms with van der Waals surface area (Å²) in [7, 11) is 0. The van der Waals surface area contributed by atoms with Crippen LogP contribution >= 0.6 is 0 Å². The first-order valence-electron chi connectivity index (χ1n) is 9.61. The summed E-state index contributed by atoms with van der Waals surface area (Å²) in [6.45, 7) is 2.50. The Morgan fingerprint density at radius 3 is 2.14 bits per heavy atom. The van der Waals surface area contributed by atoms with Crippen LogP contribution in [0.2, 0.25) is 0 Å². The van der Waals surface area contributed by atoms with E-state index >= 15 is 0 Å². The zero-order valence-corrected chi connectivity index (χ0v) is 16.2. The Kier molecular flexibility index (Phi) is 5.47. The number of nitrogens with zero attached hydrogens (tertiary/aromatic N) is 3. The molecule has 1 aromatic heterocycles. The zero-order chi connectivity index (χ0) is 20.1. The smallest absolute Gasteiger partial charge is 0.274 e. The maximum absolute atomic E-state index is 13.1. The van der Waals surface area contributed by atoms with Crippen LogP contribution in [0.3, 0.4) is 0 Å². The average Bonchev–Trinajstić information content (AvgIpc) is 3.19. The van der Waals surface area contributed by atoms with Crippen LogP contribution in [-0.4, -0.2) is 20.9 Å².